The van der Waals surface area contributed by atoms with Gasteiger partial charge in [-0.05, 0) is 31.2 Å². The molecule has 2 heterocycles. The average Bonchev–Trinajstić information content (AvgIpc) is 2.72. The standard InChI is InChI=1S/C21H22O7/c1-12(22)13-7-9-15(10-8-13)26-21-18(24)17(23)19-16(27-21)11-25-20(28-19)14-5-3-2-4-6-14/h2-10,16-21,23-24H,11H2,1H3/t16-,17-,18-,19+,20+,21+/m1/s1. The molecular weight excluding hydrogens is 364 g/mol. The summed E-state index contributed by atoms with van der Waals surface area (Å²) < 4.78 is 23.0. The summed E-state index contributed by atoms with van der Waals surface area (Å²) in [4.78, 5) is 11.4. The van der Waals surface area contributed by atoms with Gasteiger partial charge in [0.05, 0.1) is 6.61 Å². The Morgan fingerprint density at radius 2 is 1.71 bits per heavy atom. The zero-order valence-electron chi connectivity index (χ0n) is 15.3. The Hall–Kier alpha value is -2.29. The minimum absolute atomic E-state index is 0.0526. The van der Waals surface area contributed by atoms with Crippen molar-refractivity contribution >= 4 is 5.78 Å². The Bertz CT molecular complexity index is 805. The molecule has 0 spiro atoms. The topological polar surface area (TPSA) is 94.5 Å². The fraction of sp³-hybridized carbons (Fsp3) is 0.381. The maximum atomic E-state index is 11.4. The van der Waals surface area contributed by atoms with Crippen LogP contribution >= 0.6 is 0 Å². The lowest BCUT2D eigenvalue weighted by atomic mass is 9.98. The number of hydrogen-bond acceptors (Lipinski definition) is 7. The van der Waals surface area contributed by atoms with Crippen LogP contribution in [0.15, 0.2) is 54.6 Å². The molecule has 7 nitrogen and oxygen atoms in total. The highest BCUT2D eigenvalue weighted by atomic mass is 16.8. The number of aliphatic hydroxyl groups excluding tert-OH is 2. The smallest absolute Gasteiger partial charge is 0.229 e. The Morgan fingerprint density at radius 3 is 2.39 bits per heavy atom. The molecule has 0 amide bonds. The maximum Gasteiger partial charge on any atom is 0.229 e. The van der Waals surface area contributed by atoms with Crippen molar-refractivity contribution in [3.63, 3.8) is 0 Å². The number of ether oxygens (including phenoxy) is 4. The highest BCUT2D eigenvalue weighted by molar-refractivity contribution is 5.94. The molecule has 0 bridgehead atoms. The van der Waals surface area contributed by atoms with Crippen LogP contribution in [0.3, 0.4) is 0 Å². The highest BCUT2D eigenvalue weighted by Crippen LogP contribution is 2.34. The highest BCUT2D eigenvalue weighted by Gasteiger charge is 2.49. The van der Waals surface area contributed by atoms with E-state index in [1.54, 1.807) is 24.3 Å². The number of hydrogen-bond donors (Lipinski definition) is 2. The number of carbonyl (C=O) groups excluding carboxylic acids is 1. The Morgan fingerprint density at radius 1 is 1.00 bits per heavy atom. The van der Waals surface area contributed by atoms with Crippen molar-refractivity contribution in [3.8, 4) is 5.75 Å². The number of ketones is 1. The summed E-state index contributed by atoms with van der Waals surface area (Å²) in [5.74, 6) is 0.364. The maximum absolute atomic E-state index is 11.4. The summed E-state index contributed by atoms with van der Waals surface area (Å²) in [5, 5.41) is 21.0. The van der Waals surface area contributed by atoms with E-state index < -0.39 is 37.0 Å². The number of fused-ring (bicyclic) bond motifs is 1. The molecule has 0 aliphatic carbocycles. The van der Waals surface area contributed by atoms with Crippen LogP contribution in [0.25, 0.3) is 0 Å². The molecular formula is C21H22O7. The molecule has 2 aliphatic heterocycles. The number of rotatable bonds is 4. The second kappa shape index (κ2) is 7.98. The molecule has 2 aliphatic rings. The molecule has 2 fully saturated rings. The number of benzene rings is 2. The SMILES string of the molecule is CC(=O)c1ccc(O[C@H]2O[C@@H]3CO[C@H](c4ccccc4)O[C@@H]3[C@H](O)[C@H]2O)cc1. The van der Waals surface area contributed by atoms with E-state index in [1.165, 1.54) is 6.92 Å². The van der Waals surface area contributed by atoms with E-state index >= 15 is 0 Å². The van der Waals surface area contributed by atoms with Crippen LogP contribution in [0.5, 0.6) is 5.75 Å². The van der Waals surface area contributed by atoms with E-state index in [9.17, 15) is 15.0 Å². The summed E-state index contributed by atoms with van der Waals surface area (Å²) in [7, 11) is 0. The van der Waals surface area contributed by atoms with Crippen molar-refractivity contribution in [2.45, 2.75) is 43.9 Å². The third-order valence-electron chi connectivity index (χ3n) is 4.92. The summed E-state index contributed by atoms with van der Waals surface area (Å²) in [6.45, 7) is 1.67. The van der Waals surface area contributed by atoms with Gasteiger partial charge in [0, 0.05) is 11.1 Å². The molecule has 2 aromatic rings. The van der Waals surface area contributed by atoms with Gasteiger partial charge >= 0.3 is 0 Å². The second-order valence-corrected chi connectivity index (χ2v) is 6.90. The largest absolute Gasteiger partial charge is 0.462 e. The second-order valence-electron chi connectivity index (χ2n) is 6.90. The molecule has 4 rings (SSSR count). The van der Waals surface area contributed by atoms with Gasteiger partial charge in [0.25, 0.3) is 0 Å². The normalized spacial score (nSPS) is 32.4. The van der Waals surface area contributed by atoms with Crippen LogP contribution < -0.4 is 4.74 Å². The lowest BCUT2D eigenvalue weighted by molar-refractivity contribution is -0.350. The van der Waals surface area contributed by atoms with Crippen LogP contribution in [0.2, 0.25) is 0 Å². The van der Waals surface area contributed by atoms with Gasteiger partial charge in [-0.1, -0.05) is 30.3 Å². The van der Waals surface area contributed by atoms with Crippen LogP contribution in [0.1, 0.15) is 29.1 Å². The van der Waals surface area contributed by atoms with E-state index in [1.807, 2.05) is 30.3 Å². The fourth-order valence-corrected chi connectivity index (χ4v) is 3.36. The van der Waals surface area contributed by atoms with Crippen molar-refractivity contribution in [1.82, 2.24) is 0 Å². The predicted molar refractivity (Wildman–Crippen MR) is 97.8 cm³/mol. The fourth-order valence-electron chi connectivity index (χ4n) is 3.36. The monoisotopic (exact) mass is 386 g/mol. The number of aliphatic hydroxyl groups is 2. The van der Waals surface area contributed by atoms with E-state index in [-0.39, 0.29) is 12.4 Å². The van der Waals surface area contributed by atoms with Crippen molar-refractivity contribution < 1.29 is 34.0 Å². The average molecular weight is 386 g/mol. The van der Waals surface area contributed by atoms with Gasteiger partial charge in [-0.15, -0.1) is 0 Å². The third kappa shape index (κ3) is 3.80. The van der Waals surface area contributed by atoms with Gasteiger partial charge < -0.3 is 29.2 Å². The third-order valence-corrected chi connectivity index (χ3v) is 4.92. The summed E-state index contributed by atoms with van der Waals surface area (Å²) in [6, 6.07) is 15.9. The van der Waals surface area contributed by atoms with Gasteiger partial charge in [-0.25, -0.2) is 0 Å². The number of Topliss-reactive ketones (excluding diaryl/α,β-unsaturated/α-hetero) is 1. The van der Waals surface area contributed by atoms with Gasteiger partial charge in [0.1, 0.15) is 30.2 Å². The van der Waals surface area contributed by atoms with Gasteiger partial charge in [-0.3, -0.25) is 4.79 Å². The van der Waals surface area contributed by atoms with Crippen LogP contribution in [-0.2, 0) is 14.2 Å². The van der Waals surface area contributed by atoms with Crippen molar-refractivity contribution in [2.75, 3.05) is 6.61 Å². The molecule has 0 radical (unpaired) electrons. The molecule has 2 aromatic carbocycles. The Balaban J connectivity index is 1.43. The minimum atomic E-state index is -1.30. The zero-order chi connectivity index (χ0) is 19.7. The zero-order valence-corrected chi connectivity index (χ0v) is 15.3. The molecule has 2 N–H and O–H groups in total. The summed E-state index contributed by atoms with van der Waals surface area (Å²) in [5.41, 5.74) is 1.38. The first-order valence-corrected chi connectivity index (χ1v) is 9.14. The summed E-state index contributed by atoms with van der Waals surface area (Å²) in [6.07, 6.45) is -5.54. The van der Waals surface area contributed by atoms with Crippen molar-refractivity contribution in [1.29, 1.82) is 0 Å². The van der Waals surface area contributed by atoms with E-state index in [4.69, 9.17) is 18.9 Å². The number of carbonyl (C=O) groups is 1. The quantitative estimate of drug-likeness (QED) is 0.774. The van der Waals surface area contributed by atoms with Crippen LogP contribution in [0, 0.1) is 0 Å². The van der Waals surface area contributed by atoms with Gasteiger partial charge in [0.15, 0.2) is 12.1 Å². The molecule has 0 saturated carbocycles. The van der Waals surface area contributed by atoms with Crippen molar-refractivity contribution in [2.24, 2.45) is 0 Å². The van der Waals surface area contributed by atoms with E-state index in [0.29, 0.717) is 11.3 Å². The first kappa shape index (κ1) is 19.0. The Labute approximate surface area is 162 Å². The molecule has 2 saturated heterocycles. The first-order chi connectivity index (χ1) is 13.5. The van der Waals surface area contributed by atoms with E-state index in [0.717, 1.165) is 5.56 Å². The van der Waals surface area contributed by atoms with Crippen LogP contribution in [0.4, 0.5) is 0 Å². The lowest BCUT2D eigenvalue weighted by Gasteiger charge is -2.46. The molecule has 7 heteroatoms. The van der Waals surface area contributed by atoms with Crippen LogP contribution in [-0.4, -0.2) is 53.3 Å². The first-order valence-electron chi connectivity index (χ1n) is 9.14. The van der Waals surface area contributed by atoms with Gasteiger partial charge in [-0.2, -0.15) is 0 Å². The summed E-state index contributed by atoms with van der Waals surface area (Å²) >= 11 is 0. The molecule has 0 unspecified atom stereocenters. The molecule has 6 atom stereocenters. The predicted octanol–water partition coefficient (Wildman–Crippen LogP) is 1.83. The molecule has 28 heavy (non-hydrogen) atoms. The molecule has 0 aromatic heterocycles. The molecule has 148 valence electrons. The lowest BCUT2D eigenvalue weighted by Crippen LogP contribution is -2.62. The van der Waals surface area contributed by atoms with E-state index in [2.05, 4.69) is 0 Å². The minimum Gasteiger partial charge on any atom is -0.462 e. The van der Waals surface area contributed by atoms with Gasteiger partial charge in [0.2, 0.25) is 6.29 Å². The Kier molecular flexibility index (Phi) is 5.43. The van der Waals surface area contributed by atoms with Crippen molar-refractivity contribution in [3.05, 3.63) is 65.7 Å².